The second kappa shape index (κ2) is 5.63. The van der Waals surface area contributed by atoms with Crippen LogP contribution in [0.3, 0.4) is 0 Å². The van der Waals surface area contributed by atoms with Gasteiger partial charge in [0.05, 0.1) is 0 Å². The van der Waals surface area contributed by atoms with Crippen LogP contribution in [0, 0.1) is 0 Å². The first-order valence-corrected chi connectivity index (χ1v) is 7.47. The van der Waals surface area contributed by atoms with Gasteiger partial charge in [0.2, 0.25) is 0 Å². The van der Waals surface area contributed by atoms with Crippen molar-refractivity contribution in [3.8, 4) is 5.69 Å². The van der Waals surface area contributed by atoms with E-state index in [9.17, 15) is 0 Å². The van der Waals surface area contributed by atoms with E-state index in [1.165, 1.54) is 4.90 Å². The number of nitrogens with zero attached hydrogens (tertiary/aromatic N) is 2. The van der Waals surface area contributed by atoms with Crippen molar-refractivity contribution >= 4 is 27.7 Å². The van der Waals surface area contributed by atoms with Gasteiger partial charge in [-0.15, -0.1) is 0 Å². The summed E-state index contributed by atoms with van der Waals surface area (Å²) < 4.78 is 2.93. The lowest BCUT2D eigenvalue weighted by Crippen LogP contribution is -1.93. The second-order valence-corrected chi connectivity index (χ2v) is 5.82. The van der Waals surface area contributed by atoms with E-state index in [1.54, 1.807) is 11.8 Å². The summed E-state index contributed by atoms with van der Waals surface area (Å²) in [5.41, 5.74) is 1.11. The van der Waals surface area contributed by atoms with Crippen LogP contribution >= 0.6 is 27.7 Å². The third kappa shape index (κ3) is 2.91. The van der Waals surface area contributed by atoms with Crippen LogP contribution in [0.15, 0.2) is 81.5 Å². The van der Waals surface area contributed by atoms with Crippen LogP contribution < -0.4 is 0 Å². The molecule has 1 aromatic heterocycles. The number of hydrogen-bond acceptors (Lipinski definition) is 2. The first kappa shape index (κ1) is 12.5. The summed E-state index contributed by atoms with van der Waals surface area (Å²) in [6.45, 7) is 0. The molecule has 0 spiro atoms. The molecular formula is C15H11BrN2S. The molecule has 0 bridgehead atoms. The Hall–Kier alpha value is -1.52. The summed E-state index contributed by atoms with van der Waals surface area (Å²) in [4.78, 5) is 5.70. The number of rotatable bonds is 3. The Bertz CT molecular complexity index is 665. The molecule has 0 saturated carbocycles. The van der Waals surface area contributed by atoms with Gasteiger partial charge in [-0.05, 0) is 40.2 Å². The van der Waals surface area contributed by atoms with Gasteiger partial charge in [0.15, 0.2) is 5.16 Å². The molecule has 0 atom stereocenters. The minimum absolute atomic E-state index is 0.842. The zero-order valence-corrected chi connectivity index (χ0v) is 12.4. The van der Waals surface area contributed by atoms with E-state index in [1.807, 2.05) is 42.6 Å². The van der Waals surface area contributed by atoms with Crippen molar-refractivity contribution < 1.29 is 0 Å². The number of para-hydroxylation sites is 1. The highest BCUT2D eigenvalue weighted by Crippen LogP contribution is 2.30. The molecule has 2 aromatic carbocycles. The molecule has 0 radical (unpaired) electrons. The van der Waals surface area contributed by atoms with E-state index in [2.05, 4.69) is 49.7 Å². The second-order valence-electron chi connectivity index (χ2n) is 3.97. The molecule has 1 heterocycles. The zero-order valence-electron chi connectivity index (χ0n) is 10.0. The average Bonchev–Trinajstić information content (AvgIpc) is 2.82. The van der Waals surface area contributed by atoms with Gasteiger partial charge in [0.25, 0.3) is 0 Å². The Labute approximate surface area is 124 Å². The van der Waals surface area contributed by atoms with Gasteiger partial charge in [-0.25, -0.2) is 4.98 Å². The van der Waals surface area contributed by atoms with Crippen molar-refractivity contribution in [1.82, 2.24) is 9.55 Å². The van der Waals surface area contributed by atoms with Gasteiger partial charge in [0.1, 0.15) is 4.60 Å². The van der Waals surface area contributed by atoms with Crippen LogP contribution in [0.5, 0.6) is 0 Å². The lowest BCUT2D eigenvalue weighted by atomic mass is 10.3. The molecule has 3 aromatic rings. The highest BCUT2D eigenvalue weighted by molar-refractivity contribution is 9.10. The lowest BCUT2D eigenvalue weighted by Gasteiger charge is -2.06. The number of hydrogen-bond donors (Lipinski definition) is 0. The number of imidazole rings is 1. The molecule has 2 nitrogen and oxygen atoms in total. The number of aromatic nitrogens is 2. The van der Waals surface area contributed by atoms with Gasteiger partial charge in [-0.2, -0.15) is 0 Å². The monoisotopic (exact) mass is 330 g/mol. The van der Waals surface area contributed by atoms with Gasteiger partial charge >= 0.3 is 0 Å². The van der Waals surface area contributed by atoms with Crippen LogP contribution in [0.1, 0.15) is 0 Å². The van der Waals surface area contributed by atoms with Gasteiger partial charge < -0.3 is 0 Å². The molecule has 19 heavy (non-hydrogen) atoms. The Balaban J connectivity index is 1.99. The Kier molecular flexibility index (Phi) is 3.71. The van der Waals surface area contributed by atoms with E-state index in [-0.39, 0.29) is 0 Å². The zero-order chi connectivity index (χ0) is 13.1. The molecule has 0 aliphatic carbocycles. The van der Waals surface area contributed by atoms with Crippen molar-refractivity contribution in [2.75, 3.05) is 0 Å². The van der Waals surface area contributed by atoms with Crippen molar-refractivity contribution in [2.24, 2.45) is 0 Å². The average molecular weight is 331 g/mol. The van der Waals surface area contributed by atoms with E-state index >= 15 is 0 Å². The molecule has 4 heteroatoms. The summed E-state index contributed by atoms with van der Waals surface area (Å²) in [6.07, 6.45) is 1.99. The summed E-state index contributed by atoms with van der Waals surface area (Å²) in [7, 11) is 0. The van der Waals surface area contributed by atoms with Crippen LogP contribution in [0.4, 0.5) is 0 Å². The fourth-order valence-corrected chi connectivity index (χ4v) is 3.17. The third-order valence-electron chi connectivity index (χ3n) is 2.63. The molecule has 94 valence electrons. The number of benzene rings is 2. The van der Waals surface area contributed by atoms with Crippen LogP contribution in [0.2, 0.25) is 0 Å². The number of halogens is 1. The Morgan fingerprint density at radius 1 is 0.895 bits per heavy atom. The van der Waals surface area contributed by atoms with Crippen LogP contribution in [-0.4, -0.2) is 9.55 Å². The maximum Gasteiger partial charge on any atom is 0.178 e. The van der Waals surface area contributed by atoms with E-state index in [0.29, 0.717) is 0 Å². The smallest absolute Gasteiger partial charge is 0.178 e. The molecule has 0 aliphatic rings. The largest absolute Gasteiger partial charge is 0.293 e. The summed E-state index contributed by atoms with van der Waals surface area (Å²) in [5.74, 6) is 0. The predicted molar refractivity (Wildman–Crippen MR) is 81.8 cm³/mol. The van der Waals surface area contributed by atoms with Gasteiger partial charge in [-0.3, -0.25) is 4.57 Å². The molecule has 0 unspecified atom stereocenters. The summed E-state index contributed by atoms with van der Waals surface area (Å²) in [6, 6.07) is 20.5. The van der Waals surface area contributed by atoms with Gasteiger partial charge in [-0.1, -0.05) is 48.2 Å². The third-order valence-corrected chi connectivity index (χ3v) is 3.99. The van der Waals surface area contributed by atoms with Crippen molar-refractivity contribution in [1.29, 1.82) is 0 Å². The standard InChI is InChI=1S/C15H11BrN2S/c16-14-11-18(12-7-3-1-4-8-12)15(17-14)19-13-9-5-2-6-10-13/h1-11H. The minimum atomic E-state index is 0.842. The highest BCUT2D eigenvalue weighted by atomic mass is 79.9. The van der Waals surface area contributed by atoms with Crippen LogP contribution in [-0.2, 0) is 0 Å². The molecule has 0 fully saturated rings. The van der Waals surface area contributed by atoms with E-state index < -0.39 is 0 Å². The van der Waals surface area contributed by atoms with Crippen molar-refractivity contribution in [3.05, 3.63) is 71.5 Å². The molecule has 3 rings (SSSR count). The van der Waals surface area contributed by atoms with E-state index in [0.717, 1.165) is 15.4 Å². The first-order chi connectivity index (χ1) is 9.33. The summed E-state index contributed by atoms with van der Waals surface area (Å²) in [5, 5.41) is 0.948. The van der Waals surface area contributed by atoms with Crippen molar-refractivity contribution in [2.45, 2.75) is 10.1 Å². The Morgan fingerprint density at radius 3 is 2.21 bits per heavy atom. The van der Waals surface area contributed by atoms with Crippen LogP contribution in [0.25, 0.3) is 5.69 Å². The topological polar surface area (TPSA) is 17.8 Å². The maximum absolute atomic E-state index is 4.52. The maximum atomic E-state index is 4.52. The quantitative estimate of drug-likeness (QED) is 0.687. The SMILES string of the molecule is Brc1cn(-c2ccccc2)c(Sc2ccccc2)n1. The molecule has 0 N–H and O–H groups in total. The van der Waals surface area contributed by atoms with Crippen molar-refractivity contribution in [3.63, 3.8) is 0 Å². The summed E-state index contributed by atoms with van der Waals surface area (Å²) >= 11 is 5.10. The fourth-order valence-electron chi connectivity index (χ4n) is 1.78. The van der Waals surface area contributed by atoms with Gasteiger partial charge in [0, 0.05) is 16.8 Å². The first-order valence-electron chi connectivity index (χ1n) is 5.86. The fraction of sp³-hybridized carbons (Fsp3) is 0. The normalized spacial score (nSPS) is 10.6. The molecule has 0 aliphatic heterocycles. The minimum Gasteiger partial charge on any atom is -0.293 e. The lowest BCUT2D eigenvalue weighted by molar-refractivity contribution is 0.894. The van der Waals surface area contributed by atoms with E-state index in [4.69, 9.17) is 0 Å². The highest BCUT2D eigenvalue weighted by Gasteiger charge is 2.09. The molecule has 0 saturated heterocycles. The predicted octanol–water partition coefficient (Wildman–Crippen LogP) is 4.79. The molecule has 0 amide bonds. The Morgan fingerprint density at radius 2 is 1.53 bits per heavy atom. The molecular weight excluding hydrogens is 320 g/mol.